The first kappa shape index (κ1) is 11.4. The van der Waals surface area contributed by atoms with Gasteiger partial charge in [0, 0.05) is 19.1 Å². The first-order chi connectivity index (χ1) is 7.29. The van der Waals surface area contributed by atoms with Gasteiger partial charge < -0.3 is 10.2 Å². The first-order valence-electron chi connectivity index (χ1n) is 6.69. The normalized spacial score (nSPS) is 38.4. The highest BCUT2D eigenvalue weighted by Gasteiger charge is 2.28. The summed E-state index contributed by atoms with van der Waals surface area (Å²) >= 11 is 0. The zero-order valence-electron chi connectivity index (χ0n) is 10.3. The van der Waals surface area contributed by atoms with Gasteiger partial charge in [-0.2, -0.15) is 0 Å². The number of hydrogen-bond donors (Lipinski definition) is 1. The van der Waals surface area contributed by atoms with Crippen molar-refractivity contribution in [2.24, 2.45) is 11.8 Å². The van der Waals surface area contributed by atoms with Crippen LogP contribution in [0.25, 0.3) is 0 Å². The van der Waals surface area contributed by atoms with Gasteiger partial charge in [-0.3, -0.25) is 0 Å². The smallest absolute Gasteiger partial charge is 0.0104 e. The number of rotatable bonds is 3. The van der Waals surface area contributed by atoms with Gasteiger partial charge in [-0.05, 0) is 51.1 Å². The summed E-state index contributed by atoms with van der Waals surface area (Å²) in [6, 6.07) is 0.794. The van der Waals surface area contributed by atoms with Crippen LogP contribution in [0.15, 0.2) is 0 Å². The van der Waals surface area contributed by atoms with Gasteiger partial charge in [-0.15, -0.1) is 0 Å². The molecule has 15 heavy (non-hydrogen) atoms. The highest BCUT2D eigenvalue weighted by atomic mass is 15.1. The van der Waals surface area contributed by atoms with Crippen molar-refractivity contribution in [2.45, 2.75) is 45.1 Å². The van der Waals surface area contributed by atoms with Crippen LogP contribution in [0.2, 0.25) is 0 Å². The van der Waals surface area contributed by atoms with Gasteiger partial charge in [0.05, 0.1) is 0 Å². The lowest BCUT2D eigenvalue weighted by atomic mass is 9.97. The van der Waals surface area contributed by atoms with E-state index >= 15 is 0 Å². The fourth-order valence-corrected chi connectivity index (χ4v) is 3.42. The molecule has 1 aliphatic carbocycles. The van der Waals surface area contributed by atoms with Crippen LogP contribution >= 0.6 is 0 Å². The largest absolute Gasteiger partial charge is 0.317 e. The maximum atomic E-state index is 3.49. The number of piperidine rings is 1. The number of nitrogens with zero attached hydrogens (tertiary/aromatic N) is 1. The quantitative estimate of drug-likeness (QED) is 0.767. The fraction of sp³-hybridized carbons (Fsp3) is 1.00. The predicted octanol–water partition coefficient (Wildman–Crippen LogP) is 2.11. The highest BCUT2D eigenvalue weighted by molar-refractivity contribution is 4.85. The van der Waals surface area contributed by atoms with E-state index in [0.717, 1.165) is 17.9 Å². The van der Waals surface area contributed by atoms with Crippen molar-refractivity contribution in [1.29, 1.82) is 0 Å². The van der Waals surface area contributed by atoms with Crippen LogP contribution in [0.3, 0.4) is 0 Å². The Bertz CT molecular complexity index is 193. The maximum absolute atomic E-state index is 3.49. The third kappa shape index (κ3) is 2.94. The average Bonchev–Trinajstić information content (AvgIpc) is 2.65. The Hall–Kier alpha value is -0.0800. The SMILES string of the molecule is CNC1CCCC1CN1CCCC(C)C1. The number of hydrogen-bond acceptors (Lipinski definition) is 2. The maximum Gasteiger partial charge on any atom is 0.0104 e. The molecule has 0 spiro atoms. The van der Waals surface area contributed by atoms with Crippen molar-refractivity contribution in [3.05, 3.63) is 0 Å². The van der Waals surface area contributed by atoms with E-state index in [1.165, 1.54) is 51.7 Å². The Morgan fingerprint density at radius 3 is 2.80 bits per heavy atom. The molecule has 0 aromatic heterocycles. The minimum atomic E-state index is 0.794. The molecule has 0 radical (unpaired) electrons. The van der Waals surface area contributed by atoms with Crippen molar-refractivity contribution in [1.82, 2.24) is 10.2 Å². The molecule has 88 valence electrons. The molecule has 0 aromatic rings. The standard InChI is InChI=1S/C13H26N2/c1-11-5-4-8-15(9-11)10-12-6-3-7-13(12)14-2/h11-14H,3-10H2,1-2H3. The summed E-state index contributed by atoms with van der Waals surface area (Å²) in [5.74, 6) is 1.84. The van der Waals surface area contributed by atoms with Gasteiger partial charge in [-0.25, -0.2) is 0 Å². The molecular formula is C13H26N2. The van der Waals surface area contributed by atoms with Gasteiger partial charge in [0.25, 0.3) is 0 Å². The fourth-order valence-electron chi connectivity index (χ4n) is 3.42. The Balaban J connectivity index is 1.80. The van der Waals surface area contributed by atoms with Crippen LogP contribution < -0.4 is 5.32 Å². The van der Waals surface area contributed by atoms with Crippen LogP contribution in [0, 0.1) is 11.8 Å². The van der Waals surface area contributed by atoms with E-state index in [-0.39, 0.29) is 0 Å². The first-order valence-corrected chi connectivity index (χ1v) is 6.69. The second-order valence-electron chi connectivity index (χ2n) is 5.59. The van der Waals surface area contributed by atoms with Crippen molar-refractivity contribution in [3.63, 3.8) is 0 Å². The summed E-state index contributed by atoms with van der Waals surface area (Å²) in [6.45, 7) is 6.43. The van der Waals surface area contributed by atoms with E-state index in [9.17, 15) is 0 Å². The summed E-state index contributed by atoms with van der Waals surface area (Å²) in [5, 5.41) is 3.49. The summed E-state index contributed by atoms with van der Waals surface area (Å²) in [4.78, 5) is 2.70. The lowest BCUT2D eigenvalue weighted by Gasteiger charge is -2.34. The molecule has 0 aromatic carbocycles. The molecule has 3 atom stereocenters. The summed E-state index contributed by atoms with van der Waals surface area (Å²) < 4.78 is 0. The van der Waals surface area contributed by atoms with Gasteiger partial charge >= 0.3 is 0 Å². The molecule has 2 nitrogen and oxygen atoms in total. The highest BCUT2D eigenvalue weighted by Crippen LogP contribution is 2.27. The lowest BCUT2D eigenvalue weighted by Crippen LogP contribution is -2.42. The Morgan fingerprint density at radius 1 is 1.20 bits per heavy atom. The van der Waals surface area contributed by atoms with E-state index in [1.807, 2.05) is 0 Å². The molecule has 2 fully saturated rings. The lowest BCUT2D eigenvalue weighted by molar-refractivity contribution is 0.152. The Morgan fingerprint density at radius 2 is 2.07 bits per heavy atom. The molecule has 1 aliphatic heterocycles. The van der Waals surface area contributed by atoms with Crippen LogP contribution in [-0.2, 0) is 0 Å². The van der Waals surface area contributed by atoms with E-state index < -0.39 is 0 Å². The molecule has 2 heteroatoms. The Labute approximate surface area is 94.4 Å². The minimum Gasteiger partial charge on any atom is -0.317 e. The van der Waals surface area contributed by atoms with Crippen LogP contribution in [0.1, 0.15) is 39.0 Å². The summed E-state index contributed by atoms with van der Waals surface area (Å²) in [7, 11) is 2.13. The third-order valence-corrected chi connectivity index (χ3v) is 4.26. The van der Waals surface area contributed by atoms with Crippen molar-refractivity contribution >= 4 is 0 Å². The van der Waals surface area contributed by atoms with Crippen molar-refractivity contribution < 1.29 is 0 Å². The van der Waals surface area contributed by atoms with E-state index in [2.05, 4.69) is 24.2 Å². The zero-order valence-corrected chi connectivity index (χ0v) is 10.3. The topological polar surface area (TPSA) is 15.3 Å². The van der Waals surface area contributed by atoms with Gasteiger partial charge in [0.2, 0.25) is 0 Å². The average molecular weight is 210 g/mol. The molecule has 1 N–H and O–H groups in total. The molecule has 3 unspecified atom stereocenters. The zero-order chi connectivity index (χ0) is 10.7. The second kappa shape index (κ2) is 5.31. The molecular weight excluding hydrogens is 184 g/mol. The van der Waals surface area contributed by atoms with E-state index in [1.54, 1.807) is 0 Å². The molecule has 1 saturated carbocycles. The van der Waals surface area contributed by atoms with Crippen LogP contribution in [0.4, 0.5) is 0 Å². The predicted molar refractivity (Wildman–Crippen MR) is 65.0 cm³/mol. The second-order valence-corrected chi connectivity index (χ2v) is 5.59. The van der Waals surface area contributed by atoms with Crippen molar-refractivity contribution in [2.75, 3.05) is 26.7 Å². The summed E-state index contributed by atoms with van der Waals surface area (Å²) in [5.41, 5.74) is 0. The van der Waals surface area contributed by atoms with E-state index in [4.69, 9.17) is 0 Å². The molecule has 0 bridgehead atoms. The molecule has 2 aliphatic rings. The van der Waals surface area contributed by atoms with Gasteiger partial charge in [0.1, 0.15) is 0 Å². The monoisotopic (exact) mass is 210 g/mol. The minimum absolute atomic E-state index is 0.794. The van der Waals surface area contributed by atoms with Crippen LogP contribution in [0.5, 0.6) is 0 Å². The van der Waals surface area contributed by atoms with Gasteiger partial charge in [0.15, 0.2) is 0 Å². The Kier molecular flexibility index (Phi) is 4.04. The van der Waals surface area contributed by atoms with Crippen molar-refractivity contribution in [3.8, 4) is 0 Å². The van der Waals surface area contributed by atoms with Gasteiger partial charge in [-0.1, -0.05) is 13.3 Å². The molecule has 1 heterocycles. The van der Waals surface area contributed by atoms with Crippen LogP contribution in [-0.4, -0.2) is 37.6 Å². The number of nitrogens with one attached hydrogen (secondary N) is 1. The molecule has 2 rings (SSSR count). The summed E-state index contributed by atoms with van der Waals surface area (Å²) in [6.07, 6.45) is 7.12. The molecule has 0 amide bonds. The van der Waals surface area contributed by atoms with E-state index in [0.29, 0.717) is 0 Å². The number of likely N-dealkylation sites (tertiary alicyclic amines) is 1. The third-order valence-electron chi connectivity index (χ3n) is 4.26. The molecule has 1 saturated heterocycles.